The van der Waals surface area contributed by atoms with E-state index in [0.717, 1.165) is 5.56 Å². The topological polar surface area (TPSA) is 77.6 Å². The predicted octanol–water partition coefficient (Wildman–Crippen LogP) is 1.53. The highest BCUT2D eigenvalue weighted by Crippen LogP contribution is 2.23. The van der Waals surface area contributed by atoms with E-state index in [1.54, 1.807) is 24.3 Å². The lowest BCUT2D eigenvalue weighted by molar-refractivity contribution is -0.101. The van der Waals surface area contributed by atoms with Crippen molar-refractivity contribution in [1.29, 1.82) is 0 Å². The molecule has 1 unspecified atom stereocenters. The lowest BCUT2D eigenvalue weighted by Gasteiger charge is -2.19. The van der Waals surface area contributed by atoms with Crippen LogP contribution in [0.25, 0.3) is 11.4 Å². The molecule has 0 bridgehead atoms. The molecule has 0 radical (unpaired) electrons. The Bertz CT molecular complexity index is 517. The molecule has 2 heterocycles. The van der Waals surface area contributed by atoms with Gasteiger partial charge in [-0.15, -0.1) is 0 Å². The fraction of sp³-hybridized carbons (Fsp3) is 0.333. The Kier molecular flexibility index (Phi) is 2.95. The van der Waals surface area contributed by atoms with Crippen LogP contribution in [0.5, 0.6) is 5.75 Å². The molecule has 2 aromatic rings. The van der Waals surface area contributed by atoms with E-state index in [4.69, 9.17) is 14.0 Å². The zero-order valence-corrected chi connectivity index (χ0v) is 9.57. The van der Waals surface area contributed by atoms with Gasteiger partial charge in [0.1, 0.15) is 5.75 Å². The number of aromatic nitrogens is 2. The molecule has 1 fully saturated rings. The Morgan fingerprint density at radius 3 is 2.72 bits per heavy atom. The smallest absolute Gasteiger partial charge is 0.258 e. The molecule has 1 aromatic carbocycles. The van der Waals surface area contributed by atoms with Gasteiger partial charge in [0.25, 0.3) is 5.89 Å². The number of ether oxygens (including phenoxy) is 2. The summed E-state index contributed by atoms with van der Waals surface area (Å²) in [7, 11) is 0. The predicted molar refractivity (Wildman–Crippen MR) is 60.9 cm³/mol. The number of hydrogen-bond acceptors (Lipinski definition) is 6. The van der Waals surface area contributed by atoms with Gasteiger partial charge in [-0.3, -0.25) is 0 Å². The zero-order chi connectivity index (χ0) is 12.4. The first kappa shape index (κ1) is 11.2. The summed E-state index contributed by atoms with van der Waals surface area (Å²) in [6.07, 6.45) is -0.294. The van der Waals surface area contributed by atoms with Crippen molar-refractivity contribution < 1.29 is 19.1 Å². The molecule has 18 heavy (non-hydrogen) atoms. The Morgan fingerprint density at radius 2 is 2.00 bits per heavy atom. The lowest BCUT2D eigenvalue weighted by atomic mass is 10.2. The standard InChI is InChI=1S/C12H12N2O4/c15-9-3-1-8(2-4-9)11-13-12(18-14-11)10-7-16-5-6-17-10/h1-4,10,15H,5-7H2. The van der Waals surface area contributed by atoms with Crippen molar-refractivity contribution in [1.82, 2.24) is 10.1 Å². The number of rotatable bonds is 2. The molecule has 0 spiro atoms. The molecule has 1 saturated heterocycles. The molecule has 3 rings (SSSR count). The van der Waals surface area contributed by atoms with Gasteiger partial charge in [-0.05, 0) is 24.3 Å². The van der Waals surface area contributed by atoms with Crippen LogP contribution in [0.15, 0.2) is 28.8 Å². The van der Waals surface area contributed by atoms with E-state index in [1.807, 2.05) is 0 Å². The average Bonchev–Trinajstić information content (AvgIpc) is 2.90. The van der Waals surface area contributed by atoms with Gasteiger partial charge in [0.2, 0.25) is 5.82 Å². The number of aromatic hydroxyl groups is 1. The van der Waals surface area contributed by atoms with Gasteiger partial charge in [-0.2, -0.15) is 4.98 Å². The largest absolute Gasteiger partial charge is 0.508 e. The van der Waals surface area contributed by atoms with Crippen LogP contribution in [0.4, 0.5) is 0 Å². The number of benzene rings is 1. The highest BCUT2D eigenvalue weighted by Gasteiger charge is 2.23. The molecule has 1 aliphatic heterocycles. The van der Waals surface area contributed by atoms with Gasteiger partial charge < -0.3 is 19.1 Å². The summed E-state index contributed by atoms with van der Waals surface area (Å²) in [5.41, 5.74) is 0.777. The highest BCUT2D eigenvalue weighted by atomic mass is 16.6. The van der Waals surface area contributed by atoms with Gasteiger partial charge in [-0.1, -0.05) is 5.16 Å². The highest BCUT2D eigenvalue weighted by molar-refractivity contribution is 5.55. The molecule has 1 aromatic heterocycles. The average molecular weight is 248 g/mol. The molecule has 1 N–H and O–H groups in total. The van der Waals surface area contributed by atoms with Crippen molar-refractivity contribution in [3.8, 4) is 17.1 Å². The minimum Gasteiger partial charge on any atom is -0.508 e. The van der Waals surface area contributed by atoms with E-state index >= 15 is 0 Å². The molecule has 94 valence electrons. The van der Waals surface area contributed by atoms with Crippen LogP contribution in [0.3, 0.4) is 0 Å². The Morgan fingerprint density at radius 1 is 1.17 bits per heavy atom. The number of nitrogens with zero attached hydrogens (tertiary/aromatic N) is 2. The van der Waals surface area contributed by atoms with E-state index in [2.05, 4.69) is 10.1 Å². The van der Waals surface area contributed by atoms with Crippen LogP contribution in [0.2, 0.25) is 0 Å². The summed E-state index contributed by atoms with van der Waals surface area (Å²) in [4.78, 5) is 4.27. The molecule has 0 saturated carbocycles. The summed E-state index contributed by atoms with van der Waals surface area (Å²) in [5, 5.41) is 13.1. The van der Waals surface area contributed by atoms with E-state index in [1.165, 1.54) is 0 Å². The van der Waals surface area contributed by atoms with Crippen molar-refractivity contribution in [2.75, 3.05) is 19.8 Å². The van der Waals surface area contributed by atoms with Crippen LogP contribution >= 0.6 is 0 Å². The fourth-order valence-corrected chi connectivity index (χ4v) is 1.72. The number of phenols is 1. The minimum absolute atomic E-state index is 0.200. The molecular weight excluding hydrogens is 236 g/mol. The number of phenolic OH excluding ortho intramolecular Hbond substituents is 1. The van der Waals surface area contributed by atoms with Gasteiger partial charge >= 0.3 is 0 Å². The lowest BCUT2D eigenvalue weighted by Crippen LogP contribution is -2.22. The first-order chi connectivity index (χ1) is 8.83. The normalized spacial score (nSPS) is 19.9. The van der Waals surface area contributed by atoms with Gasteiger partial charge in [-0.25, -0.2) is 0 Å². The minimum atomic E-state index is -0.294. The molecular formula is C12H12N2O4. The van der Waals surface area contributed by atoms with Crippen LogP contribution in [0.1, 0.15) is 12.0 Å². The van der Waals surface area contributed by atoms with Crippen molar-refractivity contribution >= 4 is 0 Å². The molecule has 6 heteroatoms. The number of hydrogen-bond donors (Lipinski definition) is 1. The van der Waals surface area contributed by atoms with Crippen LogP contribution in [-0.2, 0) is 9.47 Å². The third-order valence-electron chi connectivity index (χ3n) is 2.66. The Hall–Kier alpha value is -1.92. The quantitative estimate of drug-likeness (QED) is 0.868. The molecule has 1 aliphatic rings. The summed E-state index contributed by atoms with van der Waals surface area (Å²) in [6.45, 7) is 1.55. The van der Waals surface area contributed by atoms with E-state index < -0.39 is 0 Å². The molecule has 0 aliphatic carbocycles. The van der Waals surface area contributed by atoms with E-state index in [0.29, 0.717) is 31.5 Å². The molecule has 6 nitrogen and oxygen atoms in total. The van der Waals surface area contributed by atoms with Gasteiger partial charge in [0.15, 0.2) is 6.10 Å². The van der Waals surface area contributed by atoms with Crippen molar-refractivity contribution in [3.63, 3.8) is 0 Å². The van der Waals surface area contributed by atoms with Crippen molar-refractivity contribution in [2.24, 2.45) is 0 Å². The van der Waals surface area contributed by atoms with Gasteiger partial charge in [0.05, 0.1) is 19.8 Å². The second kappa shape index (κ2) is 4.75. The maximum absolute atomic E-state index is 9.21. The van der Waals surface area contributed by atoms with Crippen LogP contribution in [0, 0.1) is 0 Å². The molecule has 0 amide bonds. The summed E-state index contributed by atoms with van der Waals surface area (Å²) < 4.78 is 15.9. The third-order valence-corrected chi connectivity index (χ3v) is 2.66. The SMILES string of the molecule is Oc1ccc(-c2noc(C3COCCO3)n2)cc1. The first-order valence-electron chi connectivity index (χ1n) is 5.65. The van der Waals surface area contributed by atoms with E-state index in [-0.39, 0.29) is 11.9 Å². The summed E-state index contributed by atoms with van der Waals surface area (Å²) >= 11 is 0. The first-order valence-corrected chi connectivity index (χ1v) is 5.65. The maximum atomic E-state index is 9.21. The second-order valence-corrected chi connectivity index (χ2v) is 3.94. The fourth-order valence-electron chi connectivity index (χ4n) is 1.72. The zero-order valence-electron chi connectivity index (χ0n) is 9.57. The summed E-state index contributed by atoms with van der Waals surface area (Å²) in [5.74, 6) is 1.09. The summed E-state index contributed by atoms with van der Waals surface area (Å²) in [6, 6.07) is 6.60. The van der Waals surface area contributed by atoms with Gasteiger partial charge in [0, 0.05) is 5.56 Å². The van der Waals surface area contributed by atoms with Crippen LogP contribution in [-0.4, -0.2) is 35.1 Å². The van der Waals surface area contributed by atoms with Crippen LogP contribution < -0.4 is 0 Å². The molecule has 1 atom stereocenters. The Labute approximate surface area is 103 Å². The third kappa shape index (κ3) is 2.20. The monoisotopic (exact) mass is 248 g/mol. The van der Waals surface area contributed by atoms with Crippen molar-refractivity contribution in [2.45, 2.75) is 6.10 Å². The second-order valence-electron chi connectivity index (χ2n) is 3.94. The van der Waals surface area contributed by atoms with Crippen molar-refractivity contribution in [3.05, 3.63) is 30.2 Å². The van der Waals surface area contributed by atoms with E-state index in [9.17, 15) is 5.11 Å². The Balaban J connectivity index is 1.82. The maximum Gasteiger partial charge on any atom is 0.258 e.